The van der Waals surface area contributed by atoms with Gasteiger partial charge >= 0.3 is 5.97 Å². The van der Waals surface area contributed by atoms with Crippen LogP contribution < -0.4 is 0 Å². The summed E-state index contributed by atoms with van der Waals surface area (Å²) in [6.45, 7) is 0.214. The average molecular weight is 305 g/mol. The molecule has 0 aliphatic rings. The fraction of sp³-hybridized carbons (Fsp3) is 0.0526. The zero-order valence-electron chi connectivity index (χ0n) is 12.4. The average Bonchev–Trinajstić information content (AvgIpc) is 3.01. The van der Waals surface area contributed by atoms with E-state index in [2.05, 4.69) is 4.98 Å². The quantitative estimate of drug-likeness (QED) is 0.526. The SMILES string of the molecule is O=C(/C=C/c1nc2ccccc2o1)OC/C=C/c1ccccc1. The Morgan fingerprint density at radius 2 is 1.83 bits per heavy atom. The first-order valence-corrected chi connectivity index (χ1v) is 7.23. The number of hydrogen-bond donors (Lipinski definition) is 0. The van der Waals surface area contributed by atoms with E-state index in [0.29, 0.717) is 11.5 Å². The van der Waals surface area contributed by atoms with Crippen molar-refractivity contribution < 1.29 is 13.9 Å². The molecule has 23 heavy (non-hydrogen) atoms. The molecule has 0 bridgehead atoms. The summed E-state index contributed by atoms with van der Waals surface area (Å²) in [5, 5.41) is 0. The van der Waals surface area contributed by atoms with Gasteiger partial charge in [0.25, 0.3) is 0 Å². The number of nitrogens with zero attached hydrogens (tertiary/aromatic N) is 1. The Balaban J connectivity index is 1.51. The van der Waals surface area contributed by atoms with Crippen LogP contribution in [0.5, 0.6) is 0 Å². The van der Waals surface area contributed by atoms with Crippen LogP contribution in [-0.4, -0.2) is 17.6 Å². The molecule has 1 heterocycles. The Bertz CT molecular complexity index is 814. The normalized spacial score (nSPS) is 11.5. The Morgan fingerprint density at radius 3 is 2.65 bits per heavy atom. The molecule has 3 aromatic rings. The molecular formula is C19H15NO3. The number of hydrogen-bond acceptors (Lipinski definition) is 4. The largest absolute Gasteiger partial charge is 0.458 e. The van der Waals surface area contributed by atoms with E-state index >= 15 is 0 Å². The van der Waals surface area contributed by atoms with E-state index in [1.54, 1.807) is 6.08 Å². The number of rotatable bonds is 5. The van der Waals surface area contributed by atoms with E-state index < -0.39 is 5.97 Å². The van der Waals surface area contributed by atoms with Crippen molar-refractivity contribution >= 4 is 29.2 Å². The van der Waals surface area contributed by atoms with Gasteiger partial charge in [-0.15, -0.1) is 0 Å². The summed E-state index contributed by atoms with van der Waals surface area (Å²) in [5.41, 5.74) is 2.50. The summed E-state index contributed by atoms with van der Waals surface area (Å²) in [5.74, 6) is -0.0621. The third-order valence-electron chi connectivity index (χ3n) is 3.10. The first-order chi connectivity index (χ1) is 11.3. The number of ether oxygens (including phenoxy) is 1. The van der Waals surface area contributed by atoms with Crippen molar-refractivity contribution in [3.05, 3.63) is 78.2 Å². The molecule has 1 aromatic heterocycles. The molecule has 2 aromatic carbocycles. The first-order valence-electron chi connectivity index (χ1n) is 7.23. The standard InChI is InChI=1S/C19H15NO3/c21-19(22-14-6-9-15-7-2-1-3-8-15)13-12-18-20-16-10-4-5-11-17(16)23-18/h1-13H,14H2/b9-6+,13-12+. The molecule has 0 amide bonds. The van der Waals surface area contributed by atoms with Crippen molar-refractivity contribution in [3.8, 4) is 0 Å². The fourth-order valence-corrected chi connectivity index (χ4v) is 2.03. The van der Waals surface area contributed by atoms with E-state index in [4.69, 9.17) is 9.15 Å². The molecule has 0 aliphatic heterocycles. The number of para-hydroxylation sites is 2. The molecule has 3 rings (SSSR count). The van der Waals surface area contributed by atoms with Crippen LogP contribution in [0, 0.1) is 0 Å². The summed E-state index contributed by atoms with van der Waals surface area (Å²) >= 11 is 0. The number of aromatic nitrogens is 1. The highest BCUT2D eigenvalue weighted by atomic mass is 16.5. The maximum Gasteiger partial charge on any atom is 0.331 e. The van der Waals surface area contributed by atoms with Crippen molar-refractivity contribution in [2.24, 2.45) is 0 Å². The van der Waals surface area contributed by atoms with Crippen LogP contribution in [-0.2, 0) is 9.53 Å². The topological polar surface area (TPSA) is 52.3 Å². The van der Waals surface area contributed by atoms with Gasteiger partial charge in [0.15, 0.2) is 5.58 Å². The second-order valence-corrected chi connectivity index (χ2v) is 4.80. The van der Waals surface area contributed by atoms with Crippen molar-refractivity contribution in [2.75, 3.05) is 6.61 Å². The van der Waals surface area contributed by atoms with E-state index in [-0.39, 0.29) is 6.61 Å². The zero-order chi connectivity index (χ0) is 15.9. The van der Waals surface area contributed by atoms with Gasteiger partial charge in [-0.1, -0.05) is 48.5 Å². The van der Waals surface area contributed by atoms with Crippen LogP contribution in [0.3, 0.4) is 0 Å². The van der Waals surface area contributed by atoms with Gasteiger partial charge in [0.1, 0.15) is 12.1 Å². The predicted molar refractivity (Wildman–Crippen MR) is 89.5 cm³/mol. The molecule has 0 saturated heterocycles. The highest BCUT2D eigenvalue weighted by Crippen LogP contribution is 2.15. The van der Waals surface area contributed by atoms with Crippen LogP contribution in [0.2, 0.25) is 0 Å². The molecule has 0 atom stereocenters. The van der Waals surface area contributed by atoms with Crippen LogP contribution in [0.1, 0.15) is 11.5 Å². The van der Waals surface area contributed by atoms with Gasteiger partial charge in [0, 0.05) is 12.2 Å². The van der Waals surface area contributed by atoms with E-state index in [1.807, 2.05) is 60.7 Å². The summed E-state index contributed by atoms with van der Waals surface area (Å²) in [6.07, 6.45) is 6.50. The summed E-state index contributed by atoms with van der Waals surface area (Å²) in [7, 11) is 0. The van der Waals surface area contributed by atoms with E-state index in [1.165, 1.54) is 12.2 Å². The summed E-state index contributed by atoms with van der Waals surface area (Å²) < 4.78 is 10.6. The number of carbonyl (C=O) groups is 1. The molecule has 0 radical (unpaired) electrons. The highest BCUT2D eigenvalue weighted by molar-refractivity contribution is 5.87. The Morgan fingerprint density at radius 1 is 1.04 bits per heavy atom. The molecule has 4 heteroatoms. The van der Waals surface area contributed by atoms with Crippen LogP contribution in [0.25, 0.3) is 23.3 Å². The van der Waals surface area contributed by atoms with Gasteiger partial charge in [0.2, 0.25) is 5.89 Å². The minimum absolute atomic E-state index is 0.214. The zero-order valence-corrected chi connectivity index (χ0v) is 12.4. The second-order valence-electron chi connectivity index (χ2n) is 4.80. The van der Waals surface area contributed by atoms with E-state index in [9.17, 15) is 4.79 Å². The van der Waals surface area contributed by atoms with Crippen molar-refractivity contribution in [1.29, 1.82) is 0 Å². The summed E-state index contributed by atoms with van der Waals surface area (Å²) in [6, 6.07) is 17.2. The lowest BCUT2D eigenvalue weighted by Crippen LogP contribution is -1.99. The van der Waals surface area contributed by atoms with Crippen LogP contribution in [0.4, 0.5) is 0 Å². The van der Waals surface area contributed by atoms with Crippen LogP contribution >= 0.6 is 0 Å². The lowest BCUT2D eigenvalue weighted by molar-refractivity contribution is -0.136. The van der Waals surface area contributed by atoms with E-state index in [0.717, 1.165) is 11.1 Å². The molecule has 0 fully saturated rings. The Hall–Kier alpha value is -3.14. The molecule has 0 spiro atoms. The molecule has 0 saturated carbocycles. The summed E-state index contributed by atoms with van der Waals surface area (Å²) in [4.78, 5) is 15.9. The fourth-order valence-electron chi connectivity index (χ4n) is 2.03. The number of carbonyl (C=O) groups excluding carboxylic acids is 1. The van der Waals surface area contributed by atoms with Crippen LogP contribution in [0.15, 0.2) is 71.2 Å². The maximum absolute atomic E-state index is 11.6. The van der Waals surface area contributed by atoms with Crippen molar-refractivity contribution in [3.63, 3.8) is 0 Å². The third-order valence-corrected chi connectivity index (χ3v) is 3.10. The molecule has 114 valence electrons. The minimum atomic E-state index is -0.440. The Labute approximate surface area is 133 Å². The monoisotopic (exact) mass is 305 g/mol. The van der Waals surface area contributed by atoms with Gasteiger partial charge < -0.3 is 9.15 Å². The first kappa shape index (κ1) is 14.8. The second kappa shape index (κ2) is 7.22. The number of oxazole rings is 1. The van der Waals surface area contributed by atoms with Gasteiger partial charge in [-0.25, -0.2) is 9.78 Å². The third kappa shape index (κ3) is 4.17. The van der Waals surface area contributed by atoms with Gasteiger partial charge in [-0.05, 0) is 23.8 Å². The highest BCUT2D eigenvalue weighted by Gasteiger charge is 2.02. The smallest absolute Gasteiger partial charge is 0.331 e. The predicted octanol–water partition coefficient (Wildman–Crippen LogP) is 4.10. The minimum Gasteiger partial charge on any atom is -0.458 e. The molecule has 0 aliphatic carbocycles. The van der Waals surface area contributed by atoms with Crippen molar-refractivity contribution in [2.45, 2.75) is 0 Å². The maximum atomic E-state index is 11.6. The number of esters is 1. The lowest BCUT2D eigenvalue weighted by Gasteiger charge is -1.96. The van der Waals surface area contributed by atoms with Crippen molar-refractivity contribution in [1.82, 2.24) is 4.98 Å². The van der Waals surface area contributed by atoms with Gasteiger partial charge in [0.05, 0.1) is 0 Å². The molecular weight excluding hydrogens is 290 g/mol. The number of fused-ring (bicyclic) bond motifs is 1. The Kier molecular flexibility index (Phi) is 4.64. The molecule has 0 N–H and O–H groups in total. The van der Waals surface area contributed by atoms with Gasteiger partial charge in [-0.2, -0.15) is 0 Å². The molecule has 0 unspecified atom stereocenters. The van der Waals surface area contributed by atoms with Gasteiger partial charge in [-0.3, -0.25) is 0 Å². The lowest BCUT2D eigenvalue weighted by atomic mass is 10.2. The molecule has 4 nitrogen and oxygen atoms in total. The number of benzene rings is 2.